The number of hydrogen-bond acceptors (Lipinski definition) is 1. The Hall–Kier alpha value is -4.04. The third-order valence-electron chi connectivity index (χ3n) is 5.44. The summed E-state index contributed by atoms with van der Waals surface area (Å²) in [4.78, 5) is 4.41. The van der Waals surface area contributed by atoms with E-state index in [0.717, 1.165) is 33.5 Å². The maximum Gasteiger partial charge on any atom is 0.123 e. The average molecular weight is 401 g/mol. The van der Waals surface area contributed by atoms with Gasteiger partial charge >= 0.3 is 0 Å². The Labute approximate surface area is 181 Å². The van der Waals surface area contributed by atoms with Gasteiger partial charge in [0.05, 0.1) is 5.69 Å². The number of halogens is 1. The molecule has 0 atom stereocenters. The van der Waals surface area contributed by atoms with Crippen LogP contribution >= 0.6 is 0 Å². The number of hydrogen-bond donors (Lipinski definition) is 0. The van der Waals surface area contributed by atoms with Gasteiger partial charge in [-0.05, 0) is 57.6 Å². The maximum atomic E-state index is 13.5. The third kappa shape index (κ3) is 4.15. The van der Waals surface area contributed by atoms with Gasteiger partial charge in [-0.2, -0.15) is 0 Å². The number of benzene rings is 4. The van der Waals surface area contributed by atoms with E-state index in [1.807, 2.05) is 42.6 Å². The van der Waals surface area contributed by atoms with Crippen LogP contribution in [0.3, 0.4) is 0 Å². The highest BCUT2D eigenvalue weighted by atomic mass is 19.1. The van der Waals surface area contributed by atoms with Gasteiger partial charge in [0.25, 0.3) is 0 Å². The molecule has 0 bridgehead atoms. The largest absolute Gasteiger partial charge is 0.256 e. The summed E-state index contributed by atoms with van der Waals surface area (Å²) in [7, 11) is 0. The molecular formula is C29H20FN. The van der Waals surface area contributed by atoms with Gasteiger partial charge in [0.15, 0.2) is 0 Å². The predicted octanol–water partition coefficient (Wildman–Crippen LogP) is 7.89. The van der Waals surface area contributed by atoms with Crippen LogP contribution in [0.1, 0.15) is 0 Å². The lowest BCUT2D eigenvalue weighted by Gasteiger charge is -2.08. The summed E-state index contributed by atoms with van der Waals surface area (Å²) in [6.45, 7) is 0. The molecule has 0 saturated heterocycles. The molecule has 1 heterocycles. The van der Waals surface area contributed by atoms with Crippen LogP contribution in [0.25, 0.3) is 44.6 Å². The molecular weight excluding hydrogens is 381 g/mol. The van der Waals surface area contributed by atoms with Crippen LogP contribution in [0.2, 0.25) is 0 Å². The molecule has 2 heteroatoms. The molecule has 1 aromatic heterocycles. The summed E-state index contributed by atoms with van der Waals surface area (Å²) in [5, 5.41) is 0. The molecule has 0 aliphatic heterocycles. The SMILES string of the molecule is Fc1cccc(-c2ccc(-c3ccc(-c4ccc(-c5ccccn5)cc4)cc3)cc2)c1. The van der Waals surface area contributed by atoms with Crippen molar-refractivity contribution < 1.29 is 4.39 Å². The summed E-state index contributed by atoms with van der Waals surface area (Å²) < 4.78 is 13.5. The molecule has 5 aromatic rings. The van der Waals surface area contributed by atoms with E-state index in [2.05, 4.69) is 65.6 Å². The zero-order valence-electron chi connectivity index (χ0n) is 16.9. The lowest BCUT2D eigenvalue weighted by Crippen LogP contribution is -1.84. The lowest BCUT2D eigenvalue weighted by molar-refractivity contribution is 0.628. The normalized spacial score (nSPS) is 10.7. The molecule has 148 valence electrons. The first-order chi connectivity index (χ1) is 15.3. The second kappa shape index (κ2) is 8.37. The maximum absolute atomic E-state index is 13.5. The van der Waals surface area contributed by atoms with Gasteiger partial charge in [0.1, 0.15) is 5.82 Å². The molecule has 0 aliphatic carbocycles. The van der Waals surface area contributed by atoms with Gasteiger partial charge in [-0.1, -0.05) is 91.0 Å². The van der Waals surface area contributed by atoms with Crippen LogP contribution in [0.4, 0.5) is 4.39 Å². The molecule has 0 radical (unpaired) electrons. The Balaban J connectivity index is 1.35. The van der Waals surface area contributed by atoms with Crippen molar-refractivity contribution in [3.63, 3.8) is 0 Å². The molecule has 31 heavy (non-hydrogen) atoms. The quantitative estimate of drug-likeness (QED) is 0.298. The first-order valence-electron chi connectivity index (χ1n) is 10.2. The Kier molecular flexibility index (Phi) is 5.12. The highest BCUT2D eigenvalue weighted by molar-refractivity contribution is 5.74. The van der Waals surface area contributed by atoms with E-state index in [4.69, 9.17) is 0 Å². The fourth-order valence-electron chi connectivity index (χ4n) is 3.75. The first-order valence-corrected chi connectivity index (χ1v) is 10.2. The summed E-state index contributed by atoms with van der Waals surface area (Å²) in [6.07, 6.45) is 1.81. The van der Waals surface area contributed by atoms with E-state index in [1.165, 1.54) is 17.2 Å². The van der Waals surface area contributed by atoms with Crippen LogP contribution < -0.4 is 0 Å². The summed E-state index contributed by atoms with van der Waals surface area (Å²) in [6, 6.07) is 37.9. The van der Waals surface area contributed by atoms with Crippen molar-refractivity contribution in [2.45, 2.75) is 0 Å². The Bertz CT molecular complexity index is 1290. The molecule has 0 N–H and O–H groups in total. The van der Waals surface area contributed by atoms with Crippen LogP contribution in [0.5, 0.6) is 0 Å². The van der Waals surface area contributed by atoms with Crippen LogP contribution in [-0.2, 0) is 0 Å². The standard InChI is InChI=1S/C29H20FN/c30-28-5-3-4-27(20-28)25-13-11-23(12-14-25)21-7-9-22(10-8-21)24-15-17-26(18-16-24)29-6-1-2-19-31-29/h1-20H. The van der Waals surface area contributed by atoms with E-state index in [1.54, 1.807) is 12.1 Å². The van der Waals surface area contributed by atoms with Crippen molar-refractivity contribution in [2.24, 2.45) is 0 Å². The van der Waals surface area contributed by atoms with Crippen LogP contribution in [-0.4, -0.2) is 4.98 Å². The van der Waals surface area contributed by atoms with E-state index in [0.29, 0.717) is 0 Å². The van der Waals surface area contributed by atoms with Crippen molar-refractivity contribution >= 4 is 0 Å². The Morgan fingerprint density at radius 1 is 0.419 bits per heavy atom. The summed E-state index contributed by atoms with van der Waals surface area (Å²) >= 11 is 0. The summed E-state index contributed by atoms with van der Waals surface area (Å²) in [5.74, 6) is -0.217. The van der Waals surface area contributed by atoms with E-state index in [9.17, 15) is 4.39 Å². The van der Waals surface area contributed by atoms with Crippen molar-refractivity contribution in [1.29, 1.82) is 0 Å². The Morgan fingerprint density at radius 3 is 1.35 bits per heavy atom. The topological polar surface area (TPSA) is 12.9 Å². The van der Waals surface area contributed by atoms with Crippen LogP contribution in [0, 0.1) is 5.82 Å². The second-order valence-electron chi connectivity index (χ2n) is 7.46. The van der Waals surface area contributed by atoms with Gasteiger partial charge in [-0.25, -0.2) is 4.39 Å². The summed E-state index contributed by atoms with van der Waals surface area (Å²) in [5.41, 5.74) is 8.62. The molecule has 1 nitrogen and oxygen atoms in total. The lowest BCUT2D eigenvalue weighted by atomic mass is 9.97. The first kappa shape index (κ1) is 19.0. The van der Waals surface area contributed by atoms with E-state index >= 15 is 0 Å². The molecule has 0 unspecified atom stereocenters. The average Bonchev–Trinajstić information content (AvgIpc) is 2.85. The van der Waals surface area contributed by atoms with Gasteiger partial charge < -0.3 is 0 Å². The highest BCUT2D eigenvalue weighted by Crippen LogP contribution is 2.28. The van der Waals surface area contributed by atoms with Crippen LogP contribution in [0.15, 0.2) is 121 Å². The minimum absolute atomic E-state index is 0.217. The fourth-order valence-corrected chi connectivity index (χ4v) is 3.75. The van der Waals surface area contributed by atoms with Crippen molar-refractivity contribution in [3.8, 4) is 44.6 Å². The van der Waals surface area contributed by atoms with Crippen molar-refractivity contribution in [2.75, 3.05) is 0 Å². The van der Waals surface area contributed by atoms with Gasteiger partial charge in [-0.15, -0.1) is 0 Å². The Morgan fingerprint density at radius 2 is 0.903 bits per heavy atom. The van der Waals surface area contributed by atoms with Gasteiger partial charge in [-0.3, -0.25) is 4.98 Å². The monoisotopic (exact) mass is 401 g/mol. The number of pyridine rings is 1. The minimum atomic E-state index is -0.217. The second-order valence-corrected chi connectivity index (χ2v) is 7.46. The van der Waals surface area contributed by atoms with Gasteiger partial charge in [0.2, 0.25) is 0 Å². The molecule has 0 amide bonds. The zero-order chi connectivity index (χ0) is 21.0. The minimum Gasteiger partial charge on any atom is -0.256 e. The number of nitrogens with zero attached hydrogens (tertiary/aromatic N) is 1. The number of rotatable bonds is 4. The molecule has 0 aliphatic rings. The molecule has 0 spiro atoms. The zero-order valence-corrected chi connectivity index (χ0v) is 16.9. The van der Waals surface area contributed by atoms with E-state index in [-0.39, 0.29) is 5.82 Å². The van der Waals surface area contributed by atoms with Gasteiger partial charge in [0, 0.05) is 11.8 Å². The highest BCUT2D eigenvalue weighted by Gasteiger charge is 2.04. The third-order valence-corrected chi connectivity index (χ3v) is 5.44. The smallest absolute Gasteiger partial charge is 0.123 e. The molecule has 0 fully saturated rings. The van der Waals surface area contributed by atoms with E-state index < -0.39 is 0 Å². The van der Waals surface area contributed by atoms with Crippen molar-refractivity contribution in [3.05, 3.63) is 127 Å². The van der Waals surface area contributed by atoms with Crippen molar-refractivity contribution in [1.82, 2.24) is 4.98 Å². The molecule has 4 aromatic carbocycles. The number of aromatic nitrogens is 1. The molecule has 5 rings (SSSR count). The molecule has 0 saturated carbocycles. The predicted molar refractivity (Wildman–Crippen MR) is 126 cm³/mol. The fraction of sp³-hybridized carbons (Fsp3) is 0.